The molecule has 14 heavy (non-hydrogen) atoms. The molecule has 80 valence electrons. The van der Waals surface area contributed by atoms with E-state index in [9.17, 15) is 19.8 Å². The molecule has 8 heteroatoms. The number of rotatable bonds is 5. The van der Waals surface area contributed by atoms with Gasteiger partial charge >= 0.3 is 11.9 Å². The number of carboxylic acids is 2. The molecule has 5 N–H and O–H groups in total. The largest absolute Gasteiger partial charge is 0.481 e. The Morgan fingerprint density at radius 2 is 1.64 bits per heavy atom. The highest BCUT2D eigenvalue weighted by atomic mass is 16.9. The number of hydrogen-bond donors (Lipinski definition) is 5. The molecule has 8 nitrogen and oxygen atoms in total. The molecule has 0 saturated carbocycles. The van der Waals surface area contributed by atoms with E-state index < -0.39 is 36.3 Å². The lowest BCUT2D eigenvalue weighted by Crippen LogP contribution is -2.50. The van der Waals surface area contributed by atoms with E-state index in [2.05, 4.69) is 4.84 Å². The van der Waals surface area contributed by atoms with Crippen molar-refractivity contribution < 1.29 is 34.9 Å². The molecule has 0 bridgehead atoms. The fourth-order valence-electron chi connectivity index (χ4n) is 1.04. The lowest BCUT2D eigenvalue weighted by atomic mass is 9.92. The van der Waals surface area contributed by atoms with Gasteiger partial charge in [0.15, 0.2) is 5.60 Å². The summed E-state index contributed by atoms with van der Waals surface area (Å²) in [5, 5.41) is 35.6. The van der Waals surface area contributed by atoms with Crippen LogP contribution in [0.5, 0.6) is 0 Å². The van der Waals surface area contributed by atoms with Gasteiger partial charge in [-0.3, -0.25) is 9.59 Å². The van der Waals surface area contributed by atoms with E-state index in [1.54, 1.807) is 0 Å². The van der Waals surface area contributed by atoms with Crippen LogP contribution < -0.4 is 5.48 Å². The fourth-order valence-corrected chi connectivity index (χ4v) is 1.04. The van der Waals surface area contributed by atoms with Crippen molar-refractivity contribution >= 4 is 11.9 Å². The predicted molar refractivity (Wildman–Crippen MR) is 38.6 cm³/mol. The Hall–Kier alpha value is -1.22. The summed E-state index contributed by atoms with van der Waals surface area (Å²) in [6.07, 6.45) is -1.88. The summed E-state index contributed by atoms with van der Waals surface area (Å²) in [4.78, 5) is 24.8. The van der Waals surface area contributed by atoms with Crippen LogP contribution in [0.25, 0.3) is 0 Å². The number of nitrogens with one attached hydrogen (secondary N) is 1. The highest BCUT2D eigenvalue weighted by Gasteiger charge is 2.63. The quantitative estimate of drug-likeness (QED) is 0.320. The Morgan fingerprint density at radius 1 is 1.29 bits per heavy atom. The van der Waals surface area contributed by atoms with E-state index in [4.69, 9.17) is 10.2 Å². The van der Waals surface area contributed by atoms with Crippen LogP contribution in [-0.2, 0) is 14.4 Å². The van der Waals surface area contributed by atoms with Crippen molar-refractivity contribution in [1.29, 1.82) is 0 Å². The van der Waals surface area contributed by atoms with Crippen molar-refractivity contribution in [3.8, 4) is 0 Å². The molecule has 0 aromatic rings. The van der Waals surface area contributed by atoms with Crippen molar-refractivity contribution in [1.82, 2.24) is 5.48 Å². The molecule has 0 aromatic heterocycles. The summed E-state index contributed by atoms with van der Waals surface area (Å²) in [6.45, 7) is 0. The standard InChI is InChI=1S/C6H9NO7/c8-3(9)1-5(12,2-4(10)11)6(13)7-14-6/h7,12-13H,1-2H2,(H,8,9)(H,10,11)/t6-/m1/s1. The molecule has 1 aliphatic heterocycles. The number of aliphatic hydroxyl groups is 2. The van der Waals surface area contributed by atoms with Crippen molar-refractivity contribution in [3.63, 3.8) is 0 Å². The molecule has 0 unspecified atom stereocenters. The SMILES string of the molecule is O=C(O)CC(O)(CC(=O)O)[C@]1(O)NO1. The van der Waals surface area contributed by atoms with Gasteiger partial charge in [-0.1, -0.05) is 0 Å². The molecule has 0 amide bonds. The summed E-state index contributed by atoms with van der Waals surface area (Å²) < 4.78 is 0. The summed E-state index contributed by atoms with van der Waals surface area (Å²) in [7, 11) is 0. The molecule has 1 atom stereocenters. The third-order valence-electron chi connectivity index (χ3n) is 1.81. The average Bonchev–Trinajstić information content (AvgIpc) is 2.64. The van der Waals surface area contributed by atoms with Gasteiger partial charge in [0.1, 0.15) is 0 Å². The Morgan fingerprint density at radius 3 is 1.86 bits per heavy atom. The highest BCUT2D eigenvalue weighted by molar-refractivity contribution is 5.73. The fraction of sp³-hybridized carbons (Fsp3) is 0.667. The number of hydroxylamine groups is 1. The zero-order chi connectivity index (χ0) is 11.0. The van der Waals surface area contributed by atoms with Crippen LogP contribution in [0.4, 0.5) is 0 Å². The number of carbonyl (C=O) groups is 2. The Labute approximate surface area is 77.7 Å². The summed E-state index contributed by atoms with van der Waals surface area (Å²) >= 11 is 0. The Bertz CT molecular complexity index is 255. The number of carboxylic acid groups (broad SMARTS) is 2. The minimum atomic E-state index is -2.38. The average molecular weight is 207 g/mol. The predicted octanol–water partition coefficient (Wildman–Crippen LogP) is -2.15. The van der Waals surface area contributed by atoms with Crippen LogP contribution in [0, 0.1) is 0 Å². The van der Waals surface area contributed by atoms with Crippen LogP contribution in [-0.4, -0.2) is 43.9 Å². The molecule has 0 spiro atoms. The lowest BCUT2D eigenvalue weighted by Gasteiger charge is -2.25. The molecular formula is C6H9NO7. The summed E-state index contributed by atoms with van der Waals surface area (Å²) in [5.74, 6) is -5.18. The maximum absolute atomic E-state index is 10.3. The second kappa shape index (κ2) is 3.17. The first kappa shape index (κ1) is 10.9. The molecule has 0 aromatic carbocycles. The van der Waals surface area contributed by atoms with E-state index in [0.717, 1.165) is 0 Å². The zero-order valence-electron chi connectivity index (χ0n) is 6.93. The molecule has 0 radical (unpaired) electrons. The van der Waals surface area contributed by atoms with Crippen LogP contribution in [0.1, 0.15) is 12.8 Å². The maximum Gasteiger partial charge on any atom is 0.306 e. The van der Waals surface area contributed by atoms with E-state index >= 15 is 0 Å². The molecule has 1 saturated heterocycles. The first-order valence-electron chi connectivity index (χ1n) is 3.63. The van der Waals surface area contributed by atoms with Crippen molar-refractivity contribution in [2.75, 3.05) is 0 Å². The van der Waals surface area contributed by atoms with Crippen LogP contribution in [0.2, 0.25) is 0 Å². The summed E-state index contributed by atoms with van der Waals surface area (Å²) in [5.41, 5.74) is -0.543. The first-order chi connectivity index (χ1) is 6.29. The minimum Gasteiger partial charge on any atom is -0.481 e. The van der Waals surface area contributed by atoms with Gasteiger partial charge in [0.05, 0.1) is 12.8 Å². The monoisotopic (exact) mass is 207 g/mol. The molecular weight excluding hydrogens is 198 g/mol. The van der Waals surface area contributed by atoms with Gasteiger partial charge in [0, 0.05) is 0 Å². The van der Waals surface area contributed by atoms with Gasteiger partial charge < -0.3 is 20.4 Å². The lowest BCUT2D eigenvalue weighted by molar-refractivity contribution is -0.180. The van der Waals surface area contributed by atoms with Gasteiger partial charge in [-0.05, 0) is 0 Å². The van der Waals surface area contributed by atoms with E-state index in [1.807, 2.05) is 5.48 Å². The third-order valence-corrected chi connectivity index (χ3v) is 1.81. The molecule has 0 aliphatic carbocycles. The summed E-state index contributed by atoms with van der Waals surface area (Å²) in [6, 6.07) is 0. The zero-order valence-corrected chi connectivity index (χ0v) is 6.93. The van der Waals surface area contributed by atoms with Crippen LogP contribution >= 0.6 is 0 Å². The molecule has 1 aliphatic rings. The van der Waals surface area contributed by atoms with Gasteiger partial charge in [-0.25, -0.2) is 4.84 Å². The topological polar surface area (TPSA) is 150 Å². The van der Waals surface area contributed by atoms with Crippen LogP contribution in [0.15, 0.2) is 0 Å². The van der Waals surface area contributed by atoms with E-state index in [0.29, 0.717) is 0 Å². The molecule has 1 fully saturated rings. The number of hydrogen-bond acceptors (Lipinski definition) is 6. The third kappa shape index (κ3) is 1.99. The van der Waals surface area contributed by atoms with Crippen molar-refractivity contribution in [2.45, 2.75) is 24.4 Å². The first-order valence-corrected chi connectivity index (χ1v) is 3.63. The highest BCUT2D eigenvalue weighted by Crippen LogP contribution is 2.35. The second-order valence-electron chi connectivity index (χ2n) is 3.02. The van der Waals surface area contributed by atoms with Crippen molar-refractivity contribution in [3.05, 3.63) is 0 Å². The minimum absolute atomic E-state index is 0.942. The molecule has 1 rings (SSSR count). The van der Waals surface area contributed by atoms with Gasteiger partial charge in [-0.15, -0.1) is 5.48 Å². The Kier molecular flexibility index (Phi) is 2.46. The van der Waals surface area contributed by atoms with E-state index in [-0.39, 0.29) is 0 Å². The Balaban J connectivity index is 2.78. The molecule has 1 heterocycles. The number of aliphatic carboxylic acids is 2. The van der Waals surface area contributed by atoms with Gasteiger partial charge in [0.25, 0.3) is 5.91 Å². The smallest absolute Gasteiger partial charge is 0.306 e. The van der Waals surface area contributed by atoms with Gasteiger partial charge in [0.2, 0.25) is 0 Å². The van der Waals surface area contributed by atoms with Crippen molar-refractivity contribution in [2.24, 2.45) is 0 Å². The maximum atomic E-state index is 10.3. The van der Waals surface area contributed by atoms with E-state index in [1.165, 1.54) is 0 Å². The second-order valence-corrected chi connectivity index (χ2v) is 3.02. The van der Waals surface area contributed by atoms with Gasteiger partial charge in [-0.2, -0.15) is 0 Å². The normalized spacial score (nSPS) is 25.9. The van der Waals surface area contributed by atoms with Crippen LogP contribution in [0.3, 0.4) is 0 Å².